The Morgan fingerprint density at radius 3 is 2.89 bits per heavy atom. The number of nitrogens with zero attached hydrogens (tertiary/aromatic N) is 1. The number of hydrogen-bond donors (Lipinski definition) is 1. The molecule has 19 heavy (non-hydrogen) atoms. The summed E-state index contributed by atoms with van der Waals surface area (Å²) in [6, 6.07) is 0.483. The maximum Gasteiger partial charge on any atom is 0.228 e. The van der Waals surface area contributed by atoms with Gasteiger partial charge in [-0.3, -0.25) is 4.79 Å². The third-order valence-electron chi connectivity index (χ3n) is 5.01. The van der Waals surface area contributed by atoms with Crippen molar-refractivity contribution in [1.29, 1.82) is 0 Å². The molecule has 0 spiro atoms. The molecule has 0 aromatic rings. The number of hydrogen-bond acceptors (Lipinski definition) is 3. The van der Waals surface area contributed by atoms with Gasteiger partial charge in [-0.05, 0) is 58.0 Å². The van der Waals surface area contributed by atoms with Crippen LogP contribution in [0.4, 0.5) is 0 Å². The molecule has 0 saturated carbocycles. The summed E-state index contributed by atoms with van der Waals surface area (Å²) in [6.45, 7) is 5.90. The van der Waals surface area contributed by atoms with Gasteiger partial charge in [-0.1, -0.05) is 0 Å². The van der Waals surface area contributed by atoms with Crippen molar-refractivity contribution in [3.05, 3.63) is 0 Å². The molecule has 4 heteroatoms. The van der Waals surface area contributed by atoms with Gasteiger partial charge in [-0.25, -0.2) is 0 Å². The van der Waals surface area contributed by atoms with Crippen molar-refractivity contribution in [2.75, 3.05) is 26.2 Å². The van der Waals surface area contributed by atoms with E-state index in [0.717, 1.165) is 26.1 Å². The lowest BCUT2D eigenvalue weighted by Crippen LogP contribution is -2.47. The Labute approximate surface area is 115 Å². The van der Waals surface area contributed by atoms with Gasteiger partial charge in [-0.15, -0.1) is 0 Å². The average Bonchev–Trinajstić information content (AvgIpc) is 3.07. The van der Waals surface area contributed by atoms with Crippen LogP contribution in [0.15, 0.2) is 0 Å². The Bertz CT molecular complexity index is 328. The van der Waals surface area contributed by atoms with Crippen molar-refractivity contribution in [2.24, 2.45) is 11.8 Å². The summed E-state index contributed by atoms with van der Waals surface area (Å²) in [4.78, 5) is 14.9. The zero-order chi connectivity index (χ0) is 13.2. The monoisotopic (exact) mass is 266 g/mol. The van der Waals surface area contributed by atoms with Gasteiger partial charge < -0.3 is 15.0 Å². The number of nitrogens with one attached hydrogen (secondary N) is 1. The molecule has 3 aliphatic rings. The normalized spacial score (nSPS) is 39.7. The topological polar surface area (TPSA) is 41.6 Å². The fraction of sp³-hybridized carbons (Fsp3) is 0.933. The second-order valence-corrected chi connectivity index (χ2v) is 6.42. The van der Waals surface area contributed by atoms with Crippen LogP contribution in [0, 0.1) is 11.8 Å². The first-order chi connectivity index (χ1) is 9.25. The lowest BCUT2D eigenvalue weighted by atomic mass is 9.89. The maximum atomic E-state index is 12.7. The summed E-state index contributed by atoms with van der Waals surface area (Å²) in [5, 5.41) is 3.49. The molecule has 0 aromatic carbocycles. The number of amides is 1. The molecule has 108 valence electrons. The van der Waals surface area contributed by atoms with Gasteiger partial charge in [0.2, 0.25) is 5.91 Å². The maximum absolute atomic E-state index is 12.7. The van der Waals surface area contributed by atoms with E-state index in [-0.39, 0.29) is 12.0 Å². The molecule has 3 fully saturated rings. The van der Waals surface area contributed by atoms with Gasteiger partial charge in [0.05, 0.1) is 18.6 Å². The number of carbonyl (C=O) groups excluding carboxylic acids is 1. The van der Waals surface area contributed by atoms with E-state index in [2.05, 4.69) is 17.1 Å². The van der Waals surface area contributed by atoms with E-state index in [4.69, 9.17) is 4.74 Å². The van der Waals surface area contributed by atoms with Crippen molar-refractivity contribution < 1.29 is 9.53 Å². The molecule has 4 unspecified atom stereocenters. The molecule has 1 N–H and O–H groups in total. The molecule has 0 aromatic heterocycles. The van der Waals surface area contributed by atoms with Crippen molar-refractivity contribution >= 4 is 5.91 Å². The quantitative estimate of drug-likeness (QED) is 0.821. The largest absolute Gasteiger partial charge is 0.378 e. The number of carbonyl (C=O) groups is 1. The summed E-state index contributed by atoms with van der Waals surface area (Å²) in [6.07, 6.45) is 6.07. The first kappa shape index (κ1) is 13.4. The summed E-state index contributed by atoms with van der Waals surface area (Å²) in [5.41, 5.74) is 0. The molecule has 3 aliphatic heterocycles. The van der Waals surface area contributed by atoms with Crippen LogP contribution >= 0.6 is 0 Å². The van der Waals surface area contributed by atoms with E-state index in [9.17, 15) is 4.79 Å². The predicted octanol–water partition coefficient (Wildman–Crippen LogP) is 1.40. The highest BCUT2D eigenvalue weighted by Crippen LogP contribution is 2.31. The Hall–Kier alpha value is -0.610. The molecule has 4 atom stereocenters. The molecule has 3 saturated heterocycles. The second-order valence-electron chi connectivity index (χ2n) is 6.42. The Morgan fingerprint density at radius 2 is 2.21 bits per heavy atom. The smallest absolute Gasteiger partial charge is 0.228 e. The standard InChI is InChI=1S/C15H26N2O2/c1-11-8-13(10-19-11)15(18)17-7-3-5-14(17)12-4-2-6-16-9-12/h11-14,16H,2-10H2,1H3. The molecule has 3 rings (SSSR count). The molecule has 1 amide bonds. The van der Waals surface area contributed by atoms with Gasteiger partial charge in [0.25, 0.3) is 0 Å². The molecule has 3 heterocycles. The fourth-order valence-electron chi connectivity index (χ4n) is 3.99. The van der Waals surface area contributed by atoms with Gasteiger partial charge in [0.1, 0.15) is 0 Å². The molecule has 0 aliphatic carbocycles. The first-order valence-electron chi connectivity index (χ1n) is 7.88. The first-order valence-corrected chi connectivity index (χ1v) is 7.88. The van der Waals surface area contributed by atoms with Crippen LogP contribution in [-0.4, -0.2) is 49.2 Å². The summed E-state index contributed by atoms with van der Waals surface area (Å²) in [7, 11) is 0. The number of rotatable bonds is 2. The van der Waals surface area contributed by atoms with Crippen LogP contribution in [0.3, 0.4) is 0 Å². The van der Waals surface area contributed by atoms with E-state index in [1.807, 2.05) is 0 Å². The zero-order valence-electron chi connectivity index (χ0n) is 11.9. The minimum Gasteiger partial charge on any atom is -0.378 e. The molecular weight excluding hydrogens is 240 g/mol. The third kappa shape index (κ3) is 2.79. The van der Waals surface area contributed by atoms with E-state index in [1.54, 1.807) is 0 Å². The van der Waals surface area contributed by atoms with Crippen molar-refractivity contribution in [1.82, 2.24) is 10.2 Å². The average molecular weight is 266 g/mol. The minimum absolute atomic E-state index is 0.118. The van der Waals surface area contributed by atoms with E-state index >= 15 is 0 Å². The van der Waals surface area contributed by atoms with Crippen LogP contribution in [0.2, 0.25) is 0 Å². The lowest BCUT2D eigenvalue weighted by Gasteiger charge is -2.35. The van der Waals surface area contributed by atoms with E-state index in [1.165, 1.54) is 25.7 Å². The zero-order valence-corrected chi connectivity index (χ0v) is 11.9. The predicted molar refractivity (Wildman–Crippen MR) is 73.8 cm³/mol. The van der Waals surface area contributed by atoms with Crippen LogP contribution < -0.4 is 5.32 Å². The SMILES string of the molecule is CC1CC(C(=O)N2CCCC2C2CCCNC2)CO1. The second kappa shape index (κ2) is 5.80. The van der Waals surface area contributed by atoms with Crippen molar-refractivity contribution in [2.45, 2.75) is 51.2 Å². The van der Waals surface area contributed by atoms with Crippen LogP contribution in [0.1, 0.15) is 39.0 Å². The van der Waals surface area contributed by atoms with Gasteiger partial charge in [0, 0.05) is 12.6 Å². The van der Waals surface area contributed by atoms with Crippen molar-refractivity contribution in [3.8, 4) is 0 Å². The van der Waals surface area contributed by atoms with E-state index < -0.39 is 0 Å². The fourth-order valence-corrected chi connectivity index (χ4v) is 3.99. The number of likely N-dealkylation sites (tertiary alicyclic amines) is 1. The lowest BCUT2D eigenvalue weighted by molar-refractivity contribution is -0.137. The highest BCUT2D eigenvalue weighted by molar-refractivity contribution is 5.80. The van der Waals surface area contributed by atoms with Crippen LogP contribution in [0.25, 0.3) is 0 Å². The summed E-state index contributed by atoms with van der Waals surface area (Å²) < 4.78 is 5.57. The molecular formula is C15H26N2O2. The van der Waals surface area contributed by atoms with Crippen LogP contribution in [-0.2, 0) is 9.53 Å². The molecule has 0 radical (unpaired) electrons. The Balaban J connectivity index is 1.63. The highest BCUT2D eigenvalue weighted by Gasteiger charge is 2.39. The van der Waals surface area contributed by atoms with Crippen molar-refractivity contribution in [3.63, 3.8) is 0 Å². The molecule has 4 nitrogen and oxygen atoms in total. The van der Waals surface area contributed by atoms with Gasteiger partial charge >= 0.3 is 0 Å². The minimum atomic E-state index is 0.118. The highest BCUT2D eigenvalue weighted by atomic mass is 16.5. The molecule has 0 bridgehead atoms. The number of ether oxygens (including phenoxy) is 1. The Morgan fingerprint density at radius 1 is 1.32 bits per heavy atom. The van der Waals surface area contributed by atoms with Gasteiger partial charge in [0.15, 0.2) is 0 Å². The summed E-state index contributed by atoms with van der Waals surface area (Å²) >= 11 is 0. The van der Waals surface area contributed by atoms with Crippen LogP contribution in [0.5, 0.6) is 0 Å². The van der Waals surface area contributed by atoms with Gasteiger partial charge in [-0.2, -0.15) is 0 Å². The van der Waals surface area contributed by atoms with E-state index in [0.29, 0.717) is 24.5 Å². The summed E-state index contributed by atoms with van der Waals surface area (Å²) in [5.74, 6) is 1.14. The number of piperidine rings is 1. The third-order valence-corrected chi connectivity index (χ3v) is 5.01. The Kier molecular flexibility index (Phi) is 4.08.